The van der Waals surface area contributed by atoms with Gasteiger partial charge in [0.05, 0.1) is 7.11 Å². The van der Waals surface area contributed by atoms with E-state index in [-0.39, 0.29) is 5.92 Å². The summed E-state index contributed by atoms with van der Waals surface area (Å²) in [4.78, 5) is 0. The second-order valence-corrected chi connectivity index (χ2v) is 3.89. The van der Waals surface area contributed by atoms with Crippen LogP contribution in [0.2, 0.25) is 0 Å². The van der Waals surface area contributed by atoms with E-state index in [4.69, 9.17) is 4.74 Å². The zero-order valence-electron chi connectivity index (χ0n) is 8.87. The number of nitrogens with one attached hydrogen (secondary N) is 1. The van der Waals surface area contributed by atoms with Gasteiger partial charge in [-0.1, -0.05) is 12.1 Å². The lowest BCUT2D eigenvalue weighted by atomic mass is 9.90. The van der Waals surface area contributed by atoms with Crippen LogP contribution in [0.1, 0.15) is 17.9 Å². The van der Waals surface area contributed by atoms with Crippen molar-refractivity contribution < 1.29 is 9.13 Å². The molecule has 1 fully saturated rings. The Morgan fingerprint density at radius 1 is 1.47 bits per heavy atom. The van der Waals surface area contributed by atoms with Gasteiger partial charge in [-0.2, -0.15) is 0 Å². The number of hydrogen-bond acceptors (Lipinski definition) is 2. The van der Waals surface area contributed by atoms with Crippen LogP contribution in [-0.4, -0.2) is 26.4 Å². The Balaban J connectivity index is 2.19. The number of halogens is 1. The molecule has 1 aromatic rings. The highest BCUT2D eigenvalue weighted by Crippen LogP contribution is 2.28. The fourth-order valence-corrected chi connectivity index (χ4v) is 2.03. The summed E-state index contributed by atoms with van der Waals surface area (Å²) in [6.07, 6.45) is -0.139. The molecule has 2 rings (SSSR count). The average molecular weight is 209 g/mol. The van der Waals surface area contributed by atoms with Gasteiger partial charge in [-0.25, -0.2) is 4.39 Å². The monoisotopic (exact) mass is 209 g/mol. The Hall–Kier alpha value is -1.09. The van der Waals surface area contributed by atoms with Crippen LogP contribution in [-0.2, 0) is 0 Å². The van der Waals surface area contributed by atoms with Gasteiger partial charge in [0.1, 0.15) is 11.9 Å². The number of methoxy groups -OCH3 is 1. The van der Waals surface area contributed by atoms with Crippen LogP contribution < -0.4 is 10.1 Å². The van der Waals surface area contributed by atoms with Gasteiger partial charge in [-0.15, -0.1) is 0 Å². The minimum absolute atomic E-state index is 0.0335. The van der Waals surface area contributed by atoms with Crippen molar-refractivity contribution in [3.05, 3.63) is 29.8 Å². The third-order valence-electron chi connectivity index (χ3n) is 2.92. The molecule has 3 heteroatoms. The SMILES string of the molecule is COc1cccc(C2CNCCC2F)c1. The summed E-state index contributed by atoms with van der Waals surface area (Å²) in [7, 11) is 1.63. The minimum Gasteiger partial charge on any atom is -0.497 e. The summed E-state index contributed by atoms with van der Waals surface area (Å²) in [5, 5.41) is 3.22. The van der Waals surface area contributed by atoms with E-state index in [0.717, 1.165) is 17.9 Å². The van der Waals surface area contributed by atoms with E-state index in [2.05, 4.69) is 5.32 Å². The highest BCUT2D eigenvalue weighted by molar-refractivity contribution is 5.32. The third-order valence-corrected chi connectivity index (χ3v) is 2.92. The van der Waals surface area contributed by atoms with Crippen LogP contribution in [0.5, 0.6) is 5.75 Å². The molecule has 0 aromatic heterocycles. The first-order valence-electron chi connectivity index (χ1n) is 5.30. The van der Waals surface area contributed by atoms with Crippen LogP contribution in [0.3, 0.4) is 0 Å². The van der Waals surface area contributed by atoms with E-state index in [1.165, 1.54) is 0 Å². The topological polar surface area (TPSA) is 21.3 Å². The Morgan fingerprint density at radius 2 is 2.33 bits per heavy atom. The maximum atomic E-state index is 13.7. The molecule has 1 saturated heterocycles. The largest absolute Gasteiger partial charge is 0.497 e. The number of piperidine rings is 1. The summed E-state index contributed by atoms with van der Waals surface area (Å²) in [5.41, 5.74) is 1.02. The molecule has 1 aliphatic heterocycles. The normalized spacial score (nSPS) is 26.3. The van der Waals surface area contributed by atoms with E-state index in [0.29, 0.717) is 13.0 Å². The number of rotatable bonds is 2. The number of ether oxygens (including phenoxy) is 1. The van der Waals surface area contributed by atoms with Gasteiger partial charge < -0.3 is 10.1 Å². The third kappa shape index (κ3) is 2.29. The quantitative estimate of drug-likeness (QED) is 0.805. The summed E-state index contributed by atoms with van der Waals surface area (Å²) >= 11 is 0. The zero-order chi connectivity index (χ0) is 10.7. The van der Waals surface area contributed by atoms with Crippen LogP contribution in [0.15, 0.2) is 24.3 Å². The van der Waals surface area contributed by atoms with Gasteiger partial charge in [0.2, 0.25) is 0 Å². The predicted octanol–water partition coefficient (Wildman–Crippen LogP) is 2.11. The maximum absolute atomic E-state index is 13.7. The van der Waals surface area contributed by atoms with Crippen molar-refractivity contribution >= 4 is 0 Å². The molecule has 2 unspecified atom stereocenters. The summed E-state index contributed by atoms with van der Waals surface area (Å²) in [6, 6.07) is 7.68. The average Bonchev–Trinajstić information content (AvgIpc) is 2.30. The molecular formula is C12H16FNO. The molecule has 0 aliphatic carbocycles. The van der Waals surface area contributed by atoms with Crippen molar-refractivity contribution in [2.75, 3.05) is 20.2 Å². The summed E-state index contributed by atoms with van der Waals surface area (Å²) in [6.45, 7) is 1.50. The molecule has 2 nitrogen and oxygen atoms in total. The molecule has 0 spiro atoms. The number of hydrogen-bond donors (Lipinski definition) is 1. The zero-order valence-corrected chi connectivity index (χ0v) is 8.87. The van der Waals surface area contributed by atoms with Gasteiger partial charge in [0.15, 0.2) is 0 Å². The summed E-state index contributed by atoms with van der Waals surface area (Å²) < 4.78 is 18.8. The van der Waals surface area contributed by atoms with Gasteiger partial charge in [-0.3, -0.25) is 0 Å². The van der Waals surface area contributed by atoms with Crippen LogP contribution in [0, 0.1) is 0 Å². The Kier molecular flexibility index (Phi) is 3.21. The van der Waals surface area contributed by atoms with E-state index in [1.807, 2.05) is 24.3 Å². The molecule has 0 amide bonds. The predicted molar refractivity (Wildman–Crippen MR) is 58.1 cm³/mol. The minimum atomic E-state index is -0.738. The molecule has 0 saturated carbocycles. The van der Waals surface area contributed by atoms with E-state index in [1.54, 1.807) is 7.11 Å². The van der Waals surface area contributed by atoms with Crippen molar-refractivity contribution in [1.82, 2.24) is 5.32 Å². The molecule has 2 atom stereocenters. The fourth-order valence-electron chi connectivity index (χ4n) is 2.03. The standard InChI is InChI=1S/C12H16FNO/c1-15-10-4-2-3-9(7-10)11-8-14-6-5-12(11)13/h2-4,7,11-12,14H,5-6,8H2,1H3. The van der Waals surface area contributed by atoms with Gasteiger partial charge >= 0.3 is 0 Å². The molecule has 82 valence electrons. The van der Waals surface area contributed by atoms with Crippen molar-refractivity contribution in [2.24, 2.45) is 0 Å². The second kappa shape index (κ2) is 4.62. The van der Waals surface area contributed by atoms with E-state index >= 15 is 0 Å². The molecule has 0 radical (unpaired) electrons. The summed E-state index contributed by atoms with van der Waals surface area (Å²) in [5.74, 6) is 0.763. The van der Waals surface area contributed by atoms with Crippen LogP contribution >= 0.6 is 0 Å². The fraction of sp³-hybridized carbons (Fsp3) is 0.500. The van der Waals surface area contributed by atoms with Crippen molar-refractivity contribution in [3.63, 3.8) is 0 Å². The van der Waals surface area contributed by atoms with Gasteiger partial charge in [-0.05, 0) is 30.7 Å². The Bertz CT molecular complexity index is 329. The maximum Gasteiger partial charge on any atom is 0.119 e. The van der Waals surface area contributed by atoms with E-state index in [9.17, 15) is 4.39 Å². The molecule has 0 bridgehead atoms. The molecule has 1 N–H and O–H groups in total. The van der Waals surface area contributed by atoms with Crippen LogP contribution in [0.25, 0.3) is 0 Å². The van der Waals surface area contributed by atoms with E-state index < -0.39 is 6.17 Å². The number of benzene rings is 1. The molecule has 15 heavy (non-hydrogen) atoms. The van der Waals surface area contributed by atoms with Gasteiger partial charge in [0.25, 0.3) is 0 Å². The first-order chi connectivity index (χ1) is 7.31. The Morgan fingerprint density at radius 3 is 3.07 bits per heavy atom. The van der Waals surface area contributed by atoms with Crippen LogP contribution in [0.4, 0.5) is 4.39 Å². The smallest absolute Gasteiger partial charge is 0.119 e. The number of alkyl halides is 1. The second-order valence-electron chi connectivity index (χ2n) is 3.89. The highest BCUT2D eigenvalue weighted by Gasteiger charge is 2.25. The first-order valence-corrected chi connectivity index (χ1v) is 5.30. The molecule has 1 aromatic carbocycles. The lowest BCUT2D eigenvalue weighted by Crippen LogP contribution is -2.36. The Labute approximate surface area is 89.4 Å². The lowest BCUT2D eigenvalue weighted by Gasteiger charge is -2.27. The molecule has 1 aliphatic rings. The highest BCUT2D eigenvalue weighted by atomic mass is 19.1. The first kappa shape index (κ1) is 10.4. The van der Waals surface area contributed by atoms with Crippen molar-refractivity contribution in [2.45, 2.75) is 18.5 Å². The molecule has 1 heterocycles. The van der Waals surface area contributed by atoms with Crippen molar-refractivity contribution in [1.29, 1.82) is 0 Å². The van der Waals surface area contributed by atoms with Crippen molar-refractivity contribution in [3.8, 4) is 5.75 Å². The van der Waals surface area contributed by atoms with Gasteiger partial charge in [0, 0.05) is 12.5 Å². The lowest BCUT2D eigenvalue weighted by molar-refractivity contribution is 0.228. The molecular weight excluding hydrogens is 193 g/mol.